The SMILES string of the molecule is C(=N\c1c(-c2ccccc2)nc2ccccn12)/c1cccs1. The van der Waals surface area contributed by atoms with Crippen LogP contribution in [0.25, 0.3) is 16.9 Å². The molecule has 0 bridgehead atoms. The average molecular weight is 303 g/mol. The zero-order valence-electron chi connectivity index (χ0n) is 11.8. The van der Waals surface area contributed by atoms with Crippen molar-refractivity contribution in [3.63, 3.8) is 0 Å². The minimum absolute atomic E-state index is 0.857. The highest BCUT2D eigenvalue weighted by Gasteiger charge is 2.12. The average Bonchev–Trinajstić information content (AvgIpc) is 3.21. The van der Waals surface area contributed by atoms with Crippen molar-refractivity contribution >= 4 is 29.0 Å². The highest BCUT2D eigenvalue weighted by atomic mass is 32.1. The number of hydrogen-bond acceptors (Lipinski definition) is 3. The lowest BCUT2D eigenvalue weighted by molar-refractivity contribution is 1.17. The summed E-state index contributed by atoms with van der Waals surface area (Å²) >= 11 is 1.67. The van der Waals surface area contributed by atoms with Crippen LogP contribution in [0, 0.1) is 0 Å². The molecule has 1 aromatic carbocycles. The molecule has 0 atom stereocenters. The number of benzene rings is 1. The number of thiophene rings is 1. The quantitative estimate of drug-likeness (QED) is 0.499. The number of aliphatic imine (C=N–C) groups is 1. The Morgan fingerprint density at radius 1 is 0.955 bits per heavy atom. The molecule has 4 aromatic rings. The van der Waals surface area contributed by atoms with Gasteiger partial charge in [-0.05, 0) is 23.6 Å². The molecule has 3 heterocycles. The van der Waals surface area contributed by atoms with Crippen molar-refractivity contribution < 1.29 is 0 Å². The zero-order chi connectivity index (χ0) is 14.8. The Balaban J connectivity index is 1.90. The minimum Gasteiger partial charge on any atom is -0.284 e. The highest BCUT2D eigenvalue weighted by molar-refractivity contribution is 7.11. The van der Waals surface area contributed by atoms with E-state index in [2.05, 4.69) is 18.2 Å². The van der Waals surface area contributed by atoms with Crippen LogP contribution in [0.2, 0.25) is 0 Å². The maximum Gasteiger partial charge on any atom is 0.165 e. The van der Waals surface area contributed by atoms with Gasteiger partial charge < -0.3 is 0 Å². The van der Waals surface area contributed by atoms with Gasteiger partial charge >= 0.3 is 0 Å². The molecule has 0 N–H and O–H groups in total. The predicted molar refractivity (Wildman–Crippen MR) is 92.2 cm³/mol. The number of nitrogens with zero attached hydrogens (tertiary/aromatic N) is 3. The van der Waals surface area contributed by atoms with E-state index in [1.807, 2.05) is 64.7 Å². The largest absolute Gasteiger partial charge is 0.284 e. The molecular weight excluding hydrogens is 290 g/mol. The molecular formula is C18H13N3S. The summed E-state index contributed by atoms with van der Waals surface area (Å²) in [7, 11) is 0. The molecule has 0 spiro atoms. The topological polar surface area (TPSA) is 29.7 Å². The smallest absolute Gasteiger partial charge is 0.165 e. The first-order valence-electron chi connectivity index (χ1n) is 7.02. The van der Waals surface area contributed by atoms with Crippen molar-refractivity contribution in [2.75, 3.05) is 0 Å². The maximum atomic E-state index is 4.74. The van der Waals surface area contributed by atoms with Crippen molar-refractivity contribution in [3.05, 3.63) is 77.1 Å². The lowest BCUT2D eigenvalue weighted by atomic mass is 10.1. The Kier molecular flexibility index (Phi) is 3.29. The normalized spacial score (nSPS) is 11.5. The Bertz CT molecular complexity index is 922. The van der Waals surface area contributed by atoms with Crippen molar-refractivity contribution in [3.8, 4) is 11.3 Å². The molecule has 106 valence electrons. The summed E-state index contributed by atoms with van der Waals surface area (Å²) in [5, 5.41) is 2.05. The van der Waals surface area contributed by atoms with Crippen LogP contribution in [-0.4, -0.2) is 15.6 Å². The first kappa shape index (κ1) is 13.0. The van der Waals surface area contributed by atoms with E-state index in [-0.39, 0.29) is 0 Å². The second-order valence-electron chi connectivity index (χ2n) is 4.85. The standard InChI is InChI=1S/C18H13N3S/c1-2-7-14(8-3-1)17-18(19-13-15-9-6-12-22-15)21-11-5-4-10-16(21)20-17/h1-13H/b19-13+. The predicted octanol–water partition coefficient (Wildman–Crippen LogP) is 4.81. The summed E-state index contributed by atoms with van der Waals surface area (Å²) in [6.07, 6.45) is 3.89. The van der Waals surface area contributed by atoms with Gasteiger partial charge in [-0.2, -0.15) is 0 Å². The molecule has 0 fully saturated rings. The van der Waals surface area contributed by atoms with Crippen molar-refractivity contribution in [1.82, 2.24) is 9.38 Å². The van der Waals surface area contributed by atoms with E-state index >= 15 is 0 Å². The molecule has 0 saturated carbocycles. The second kappa shape index (κ2) is 5.58. The molecule has 0 unspecified atom stereocenters. The van der Waals surface area contributed by atoms with Crippen LogP contribution in [0.3, 0.4) is 0 Å². The summed E-state index contributed by atoms with van der Waals surface area (Å²) in [5.74, 6) is 0.857. The highest BCUT2D eigenvalue weighted by Crippen LogP contribution is 2.30. The molecule has 4 rings (SSSR count). The molecule has 0 radical (unpaired) electrons. The Labute approximate surface area is 132 Å². The number of rotatable bonds is 3. The fourth-order valence-corrected chi connectivity index (χ4v) is 2.97. The number of imidazole rings is 1. The van der Waals surface area contributed by atoms with Crippen LogP contribution < -0.4 is 0 Å². The van der Waals surface area contributed by atoms with E-state index in [0.717, 1.165) is 27.6 Å². The van der Waals surface area contributed by atoms with E-state index in [1.54, 1.807) is 11.3 Å². The molecule has 0 aliphatic rings. The summed E-state index contributed by atoms with van der Waals surface area (Å²) in [4.78, 5) is 10.6. The van der Waals surface area contributed by atoms with E-state index in [4.69, 9.17) is 9.98 Å². The van der Waals surface area contributed by atoms with Crippen molar-refractivity contribution in [2.24, 2.45) is 4.99 Å². The lowest BCUT2D eigenvalue weighted by Gasteiger charge is -1.99. The first-order valence-corrected chi connectivity index (χ1v) is 7.90. The lowest BCUT2D eigenvalue weighted by Crippen LogP contribution is -1.83. The van der Waals surface area contributed by atoms with Gasteiger partial charge in [0.2, 0.25) is 0 Å². The fourth-order valence-electron chi connectivity index (χ4n) is 2.39. The fraction of sp³-hybridized carbons (Fsp3) is 0. The van der Waals surface area contributed by atoms with Gasteiger partial charge in [-0.3, -0.25) is 4.40 Å². The van der Waals surface area contributed by atoms with E-state index in [1.165, 1.54) is 0 Å². The monoisotopic (exact) mass is 303 g/mol. The molecule has 0 amide bonds. The number of hydrogen-bond donors (Lipinski definition) is 0. The van der Waals surface area contributed by atoms with E-state index in [9.17, 15) is 0 Å². The molecule has 0 saturated heterocycles. The maximum absolute atomic E-state index is 4.74. The van der Waals surface area contributed by atoms with E-state index < -0.39 is 0 Å². The number of pyridine rings is 1. The molecule has 0 aliphatic carbocycles. The molecule has 22 heavy (non-hydrogen) atoms. The van der Waals surface area contributed by atoms with Gasteiger partial charge in [-0.1, -0.05) is 42.5 Å². The summed E-state index contributed by atoms with van der Waals surface area (Å²) in [5.41, 5.74) is 2.88. The van der Waals surface area contributed by atoms with E-state index in [0.29, 0.717) is 0 Å². The van der Waals surface area contributed by atoms with Gasteiger partial charge in [0.1, 0.15) is 11.3 Å². The number of fused-ring (bicyclic) bond motifs is 1. The Hall–Kier alpha value is -2.72. The van der Waals surface area contributed by atoms with Crippen LogP contribution >= 0.6 is 11.3 Å². The van der Waals surface area contributed by atoms with Crippen LogP contribution in [-0.2, 0) is 0 Å². The van der Waals surface area contributed by atoms with Crippen LogP contribution in [0.15, 0.2) is 77.2 Å². The zero-order valence-corrected chi connectivity index (χ0v) is 12.6. The van der Waals surface area contributed by atoms with Crippen LogP contribution in [0.5, 0.6) is 0 Å². The third kappa shape index (κ3) is 2.34. The summed E-state index contributed by atoms with van der Waals surface area (Å²) in [6.45, 7) is 0. The molecule has 4 heteroatoms. The van der Waals surface area contributed by atoms with Gasteiger partial charge in [0.25, 0.3) is 0 Å². The minimum atomic E-state index is 0.857. The van der Waals surface area contributed by atoms with Crippen molar-refractivity contribution in [1.29, 1.82) is 0 Å². The van der Waals surface area contributed by atoms with Gasteiger partial charge in [0, 0.05) is 22.9 Å². The first-order chi connectivity index (χ1) is 10.9. The summed E-state index contributed by atoms with van der Waals surface area (Å²) < 4.78 is 2.02. The summed E-state index contributed by atoms with van der Waals surface area (Å²) in [6, 6.07) is 20.2. The second-order valence-corrected chi connectivity index (χ2v) is 5.83. The Morgan fingerprint density at radius 3 is 2.64 bits per heavy atom. The van der Waals surface area contributed by atoms with Gasteiger partial charge in [-0.25, -0.2) is 9.98 Å². The van der Waals surface area contributed by atoms with Crippen LogP contribution in [0.4, 0.5) is 5.82 Å². The third-order valence-electron chi connectivity index (χ3n) is 3.41. The third-order valence-corrected chi connectivity index (χ3v) is 4.22. The van der Waals surface area contributed by atoms with Gasteiger partial charge in [0.15, 0.2) is 5.82 Å². The molecule has 3 nitrogen and oxygen atoms in total. The van der Waals surface area contributed by atoms with Crippen molar-refractivity contribution in [2.45, 2.75) is 0 Å². The van der Waals surface area contributed by atoms with Gasteiger partial charge in [-0.15, -0.1) is 11.3 Å². The molecule has 3 aromatic heterocycles. The molecule has 0 aliphatic heterocycles. The Morgan fingerprint density at radius 2 is 1.82 bits per heavy atom. The number of aromatic nitrogens is 2. The van der Waals surface area contributed by atoms with Crippen LogP contribution in [0.1, 0.15) is 4.88 Å². The van der Waals surface area contributed by atoms with Gasteiger partial charge in [0.05, 0.1) is 0 Å².